The molecule has 0 aliphatic carbocycles. The number of anilines is 1. The fraction of sp³-hybridized carbons (Fsp3) is 0.211. The maximum Gasteiger partial charge on any atom is 0.261 e. The molecule has 6 nitrogen and oxygen atoms in total. The number of hydrogen-bond acceptors (Lipinski definition) is 4. The number of hydrogen-bond donors (Lipinski definition) is 1. The van der Waals surface area contributed by atoms with Gasteiger partial charge in [0.15, 0.2) is 6.73 Å². The number of nitrogens with one attached hydrogen (secondary N) is 1. The van der Waals surface area contributed by atoms with Gasteiger partial charge in [0.2, 0.25) is 0 Å². The van der Waals surface area contributed by atoms with E-state index in [0.29, 0.717) is 5.69 Å². The molecular formula is C19H21N3O3S. The molecule has 3 aromatic rings. The lowest BCUT2D eigenvalue weighted by atomic mass is 10.2. The van der Waals surface area contributed by atoms with Crippen LogP contribution in [0.4, 0.5) is 5.69 Å². The number of aryl methyl sites for hydroxylation is 2. The normalized spacial score (nSPS) is 11.3. The molecule has 2 aromatic carbocycles. The van der Waals surface area contributed by atoms with Crippen molar-refractivity contribution < 1.29 is 13.2 Å². The fourth-order valence-electron chi connectivity index (χ4n) is 2.38. The van der Waals surface area contributed by atoms with Gasteiger partial charge in [-0.1, -0.05) is 36.8 Å². The molecule has 3 rings (SSSR count). The number of ether oxygens (including phenoxy) is 1. The number of sulfonamides is 1. The van der Waals surface area contributed by atoms with Crippen molar-refractivity contribution in [2.75, 3.05) is 4.72 Å². The summed E-state index contributed by atoms with van der Waals surface area (Å²) in [7, 11) is -3.64. The van der Waals surface area contributed by atoms with Crippen LogP contribution in [0.5, 0.6) is 5.75 Å². The van der Waals surface area contributed by atoms with E-state index in [-0.39, 0.29) is 11.6 Å². The second-order valence-corrected chi connectivity index (χ2v) is 7.64. The molecule has 0 amide bonds. The first kappa shape index (κ1) is 18.0. The average molecular weight is 371 g/mol. The molecular weight excluding hydrogens is 350 g/mol. The Balaban J connectivity index is 1.62. The summed E-state index contributed by atoms with van der Waals surface area (Å²) in [5.74, 6) is 0.736. The molecule has 0 fully saturated rings. The summed E-state index contributed by atoms with van der Waals surface area (Å²) in [6, 6.07) is 14.5. The summed E-state index contributed by atoms with van der Waals surface area (Å²) in [5, 5.41) is 4.12. The third-order valence-electron chi connectivity index (χ3n) is 3.91. The van der Waals surface area contributed by atoms with Crippen LogP contribution < -0.4 is 9.46 Å². The molecule has 7 heteroatoms. The molecule has 0 bridgehead atoms. The molecule has 0 saturated heterocycles. The second kappa shape index (κ2) is 7.61. The molecule has 1 heterocycles. The Morgan fingerprint density at radius 3 is 2.42 bits per heavy atom. The maximum absolute atomic E-state index is 12.4. The van der Waals surface area contributed by atoms with Gasteiger partial charge in [0.1, 0.15) is 5.75 Å². The van der Waals surface area contributed by atoms with Crippen molar-refractivity contribution in [2.45, 2.75) is 31.9 Å². The predicted octanol–water partition coefficient (Wildman–Crippen LogP) is 3.59. The first-order valence-corrected chi connectivity index (χ1v) is 9.78. The smallest absolute Gasteiger partial charge is 0.261 e. The lowest BCUT2D eigenvalue weighted by Crippen LogP contribution is -2.12. The van der Waals surface area contributed by atoms with Gasteiger partial charge in [0.05, 0.1) is 23.0 Å². The van der Waals surface area contributed by atoms with E-state index < -0.39 is 10.0 Å². The van der Waals surface area contributed by atoms with Gasteiger partial charge in [-0.15, -0.1) is 0 Å². The van der Waals surface area contributed by atoms with Crippen molar-refractivity contribution in [2.24, 2.45) is 0 Å². The Morgan fingerprint density at radius 1 is 1.08 bits per heavy atom. The van der Waals surface area contributed by atoms with Crippen LogP contribution in [0.1, 0.15) is 18.1 Å². The topological polar surface area (TPSA) is 73.2 Å². The van der Waals surface area contributed by atoms with Crippen LogP contribution >= 0.6 is 0 Å². The molecule has 26 heavy (non-hydrogen) atoms. The van der Waals surface area contributed by atoms with E-state index in [4.69, 9.17) is 4.74 Å². The van der Waals surface area contributed by atoms with Crippen LogP contribution in [0.2, 0.25) is 0 Å². The minimum atomic E-state index is -3.64. The fourth-order valence-corrected chi connectivity index (χ4v) is 3.41. The number of aromatic nitrogens is 2. The molecule has 0 unspecified atom stereocenters. The van der Waals surface area contributed by atoms with E-state index in [1.807, 2.05) is 31.2 Å². The molecule has 1 aromatic heterocycles. The first-order valence-electron chi connectivity index (χ1n) is 8.30. The number of benzene rings is 2. The van der Waals surface area contributed by atoms with Gasteiger partial charge in [-0.2, -0.15) is 5.10 Å². The van der Waals surface area contributed by atoms with Crippen LogP contribution in [-0.2, 0) is 23.2 Å². The zero-order valence-electron chi connectivity index (χ0n) is 14.7. The molecule has 1 N–H and O–H groups in total. The average Bonchev–Trinajstić information content (AvgIpc) is 3.07. The third kappa shape index (κ3) is 4.43. The highest BCUT2D eigenvalue weighted by molar-refractivity contribution is 7.92. The molecule has 0 saturated carbocycles. The zero-order chi connectivity index (χ0) is 18.6. The highest BCUT2D eigenvalue weighted by Crippen LogP contribution is 2.17. The van der Waals surface area contributed by atoms with Crippen LogP contribution in [0.25, 0.3) is 0 Å². The van der Waals surface area contributed by atoms with Crippen molar-refractivity contribution in [1.29, 1.82) is 0 Å². The first-order chi connectivity index (χ1) is 12.5. The van der Waals surface area contributed by atoms with Gasteiger partial charge in [-0.3, -0.25) is 4.72 Å². The standard InChI is InChI=1S/C19H21N3O3S/c1-3-16-6-8-18(9-7-16)25-14-22-13-17(12-20-22)21-26(23,24)19-10-4-15(2)5-11-19/h4-13,21H,3,14H2,1-2H3. The minimum Gasteiger partial charge on any atom is -0.471 e. The van der Waals surface area contributed by atoms with Crippen molar-refractivity contribution in [3.8, 4) is 5.75 Å². The molecule has 136 valence electrons. The van der Waals surface area contributed by atoms with Gasteiger partial charge in [0.25, 0.3) is 10.0 Å². The van der Waals surface area contributed by atoms with E-state index >= 15 is 0 Å². The molecule has 0 spiro atoms. The zero-order valence-corrected chi connectivity index (χ0v) is 15.5. The van der Waals surface area contributed by atoms with Gasteiger partial charge < -0.3 is 4.74 Å². The van der Waals surface area contributed by atoms with Gasteiger partial charge in [0, 0.05) is 0 Å². The number of nitrogens with zero attached hydrogens (tertiary/aromatic N) is 2. The van der Waals surface area contributed by atoms with E-state index in [2.05, 4.69) is 16.7 Å². The Labute approximate surface area is 153 Å². The summed E-state index contributed by atoms with van der Waals surface area (Å²) in [4.78, 5) is 0.211. The summed E-state index contributed by atoms with van der Waals surface area (Å²) >= 11 is 0. The monoisotopic (exact) mass is 371 g/mol. The van der Waals surface area contributed by atoms with E-state index in [1.165, 1.54) is 16.4 Å². The summed E-state index contributed by atoms with van der Waals surface area (Å²) in [5.41, 5.74) is 2.63. The van der Waals surface area contributed by atoms with Crippen molar-refractivity contribution >= 4 is 15.7 Å². The number of rotatable bonds is 7. The van der Waals surface area contributed by atoms with Crippen LogP contribution in [0.3, 0.4) is 0 Å². The Bertz CT molecular complexity index is 962. The Kier molecular flexibility index (Phi) is 5.27. The van der Waals surface area contributed by atoms with Gasteiger partial charge in [-0.05, 0) is 43.2 Å². The highest BCUT2D eigenvalue weighted by atomic mass is 32.2. The quantitative estimate of drug-likeness (QED) is 0.689. The predicted molar refractivity (Wildman–Crippen MR) is 101 cm³/mol. The van der Waals surface area contributed by atoms with Crippen molar-refractivity contribution in [1.82, 2.24) is 9.78 Å². The van der Waals surface area contributed by atoms with Crippen LogP contribution in [0, 0.1) is 6.92 Å². The van der Waals surface area contributed by atoms with Crippen molar-refractivity contribution in [3.63, 3.8) is 0 Å². The molecule has 0 atom stereocenters. The molecule has 0 aliphatic heterocycles. The van der Waals surface area contributed by atoms with Crippen LogP contribution in [-0.4, -0.2) is 18.2 Å². The van der Waals surface area contributed by atoms with E-state index in [0.717, 1.165) is 17.7 Å². The maximum atomic E-state index is 12.4. The Morgan fingerprint density at radius 2 is 1.77 bits per heavy atom. The largest absolute Gasteiger partial charge is 0.471 e. The van der Waals surface area contributed by atoms with Gasteiger partial charge in [-0.25, -0.2) is 13.1 Å². The lowest BCUT2D eigenvalue weighted by molar-refractivity contribution is 0.221. The molecule has 0 aliphatic rings. The summed E-state index contributed by atoms with van der Waals surface area (Å²) in [6.07, 6.45) is 4.02. The Hall–Kier alpha value is -2.80. The lowest BCUT2D eigenvalue weighted by Gasteiger charge is -2.07. The molecule has 0 radical (unpaired) electrons. The minimum absolute atomic E-state index is 0.192. The van der Waals surface area contributed by atoms with Crippen molar-refractivity contribution in [3.05, 3.63) is 72.1 Å². The second-order valence-electron chi connectivity index (χ2n) is 5.96. The highest BCUT2D eigenvalue weighted by Gasteiger charge is 2.14. The third-order valence-corrected chi connectivity index (χ3v) is 5.31. The SMILES string of the molecule is CCc1ccc(OCn2cc(NS(=O)(=O)c3ccc(C)cc3)cn2)cc1. The summed E-state index contributed by atoms with van der Waals surface area (Å²) in [6.45, 7) is 4.19. The van der Waals surface area contributed by atoms with Crippen LogP contribution in [0.15, 0.2) is 65.8 Å². The van der Waals surface area contributed by atoms with E-state index in [9.17, 15) is 8.42 Å². The van der Waals surface area contributed by atoms with E-state index in [1.54, 1.807) is 30.5 Å². The summed E-state index contributed by atoms with van der Waals surface area (Å²) < 4.78 is 34.5. The van der Waals surface area contributed by atoms with Gasteiger partial charge >= 0.3 is 0 Å².